The van der Waals surface area contributed by atoms with Crippen molar-refractivity contribution in [2.75, 3.05) is 0 Å². The molecule has 4 aliphatic rings. The molecule has 0 heteroatoms. The first-order chi connectivity index (χ1) is 23.1. The Balaban J connectivity index is -0.000000532. The van der Waals surface area contributed by atoms with Gasteiger partial charge in [-0.2, -0.15) is 0 Å². The van der Waals surface area contributed by atoms with Crippen LogP contribution in [-0.2, 0) is 0 Å². The van der Waals surface area contributed by atoms with Crippen molar-refractivity contribution < 1.29 is 0 Å². The Kier molecular flexibility index (Phi) is 34.3. The summed E-state index contributed by atoms with van der Waals surface area (Å²) < 4.78 is 0. The van der Waals surface area contributed by atoms with Crippen LogP contribution < -0.4 is 0 Å². The Bertz CT molecular complexity index is 1260. The molecule has 0 radical (unpaired) electrons. The van der Waals surface area contributed by atoms with Crippen molar-refractivity contribution >= 4 is 11.1 Å². The van der Waals surface area contributed by atoms with Gasteiger partial charge in [0.2, 0.25) is 0 Å². The van der Waals surface area contributed by atoms with E-state index in [-0.39, 0.29) is 0 Å². The molecule has 47 heavy (non-hydrogen) atoms. The van der Waals surface area contributed by atoms with Crippen molar-refractivity contribution in [1.82, 2.24) is 0 Å². The van der Waals surface area contributed by atoms with Gasteiger partial charge in [-0.1, -0.05) is 215 Å². The Morgan fingerprint density at radius 3 is 1.15 bits per heavy atom. The fraction of sp³-hybridized carbons (Fsp3) is 0.404. The van der Waals surface area contributed by atoms with E-state index >= 15 is 0 Å². The maximum atomic E-state index is 2.24. The van der Waals surface area contributed by atoms with Crippen molar-refractivity contribution in [3.63, 3.8) is 0 Å². The summed E-state index contributed by atoms with van der Waals surface area (Å²) in [5.41, 5.74) is 12.8. The summed E-state index contributed by atoms with van der Waals surface area (Å²) in [5, 5.41) is 0. The number of hydrogen-bond acceptors (Lipinski definition) is 0. The van der Waals surface area contributed by atoms with Crippen molar-refractivity contribution in [2.45, 2.75) is 130 Å². The Morgan fingerprint density at radius 1 is 0.362 bits per heavy atom. The molecular formula is C47H72. The lowest BCUT2D eigenvalue weighted by molar-refractivity contribution is 1.12. The molecule has 0 nitrogen and oxygen atoms in total. The fourth-order valence-corrected chi connectivity index (χ4v) is 4.51. The van der Waals surface area contributed by atoms with E-state index in [0.717, 1.165) is 25.7 Å². The van der Waals surface area contributed by atoms with Gasteiger partial charge >= 0.3 is 0 Å². The van der Waals surface area contributed by atoms with Gasteiger partial charge in [0.15, 0.2) is 0 Å². The molecule has 0 heterocycles. The van der Waals surface area contributed by atoms with Gasteiger partial charge in [0, 0.05) is 0 Å². The smallest absolute Gasteiger partial charge is 0.00608 e. The lowest BCUT2D eigenvalue weighted by atomic mass is 10.0. The molecule has 0 aromatic heterocycles. The van der Waals surface area contributed by atoms with Crippen LogP contribution in [0.5, 0.6) is 0 Å². The molecule has 0 atom stereocenters. The van der Waals surface area contributed by atoms with Gasteiger partial charge in [-0.15, -0.1) is 0 Å². The zero-order valence-electron chi connectivity index (χ0n) is 33.3. The lowest BCUT2D eigenvalue weighted by Crippen LogP contribution is -1.83. The normalized spacial score (nSPS) is 13.7. The second-order valence-electron chi connectivity index (χ2n) is 9.64. The van der Waals surface area contributed by atoms with Crippen molar-refractivity contribution in [3.8, 4) is 0 Å². The standard InChI is InChI=1S/2C12H12.C11H12.6C2H6/c1-10-6-8-12(9-7-10)11-4-2-3-5-11;1-10-7-8-12(9-10)11-5-3-2-4-6-11;1-9-6-7-11(8-9)10-4-2-3-5-10;6*1-2/h2-4,6-9H,5H2,1H3;2-8H,9H2,1H3;2-4,6-7H,5,8H2,1H3;6*1-2H3. The zero-order chi connectivity index (χ0) is 36.5. The van der Waals surface area contributed by atoms with E-state index in [1.165, 1.54) is 50.1 Å². The quantitative estimate of drug-likeness (QED) is 0.314. The molecule has 2 aromatic rings. The van der Waals surface area contributed by atoms with Gasteiger partial charge < -0.3 is 0 Å². The van der Waals surface area contributed by atoms with E-state index in [1.807, 2.05) is 83.1 Å². The van der Waals surface area contributed by atoms with E-state index < -0.39 is 0 Å². The zero-order valence-corrected chi connectivity index (χ0v) is 33.3. The minimum Gasteiger partial charge on any atom is -0.0801 e. The summed E-state index contributed by atoms with van der Waals surface area (Å²) in [5.74, 6) is 0. The van der Waals surface area contributed by atoms with Crippen LogP contribution in [0.15, 0.2) is 138 Å². The van der Waals surface area contributed by atoms with Crippen LogP contribution in [0, 0.1) is 6.92 Å². The predicted molar refractivity (Wildman–Crippen MR) is 222 cm³/mol. The predicted octanol–water partition coefficient (Wildman–Crippen LogP) is 16.1. The van der Waals surface area contributed by atoms with E-state index in [1.54, 1.807) is 0 Å². The molecule has 260 valence electrons. The highest BCUT2D eigenvalue weighted by atomic mass is 14.1. The number of hydrogen-bond donors (Lipinski definition) is 0. The first-order valence-corrected chi connectivity index (χ1v) is 18.7. The average Bonchev–Trinajstić information content (AvgIpc) is 4.01. The molecule has 6 rings (SSSR count). The second-order valence-corrected chi connectivity index (χ2v) is 9.64. The van der Waals surface area contributed by atoms with Gasteiger partial charge in [0.1, 0.15) is 0 Å². The SMILES string of the molecule is CC.CC.CC.CC.CC.CC.CC1=CC=C(C2=CC=CC2)C1.CC1=CC=C(c2ccccc2)C1.Cc1ccc(C2=CC=CC2)cc1. The first-order valence-electron chi connectivity index (χ1n) is 18.7. The van der Waals surface area contributed by atoms with Crippen LogP contribution in [-0.4, -0.2) is 0 Å². The van der Waals surface area contributed by atoms with Gasteiger partial charge in [-0.25, -0.2) is 0 Å². The molecule has 0 amide bonds. The summed E-state index contributed by atoms with van der Waals surface area (Å²) in [4.78, 5) is 0. The molecule has 0 spiro atoms. The summed E-state index contributed by atoms with van der Waals surface area (Å²) in [6, 6.07) is 19.3. The molecule has 4 aliphatic carbocycles. The minimum absolute atomic E-state index is 1.09. The van der Waals surface area contributed by atoms with Crippen molar-refractivity contribution in [2.24, 2.45) is 0 Å². The Labute approximate surface area is 294 Å². The molecule has 0 unspecified atom stereocenters. The van der Waals surface area contributed by atoms with Crippen LogP contribution in [0.2, 0.25) is 0 Å². The molecule has 0 N–H and O–H groups in total. The van der Waals surface area contributed by atoms with Crippen LogP contribution in [0.25, 0.3) is 11.1 Å². The average molecular weight is 637 g/mol. The summed E-state index contributed by atoms with van der Waals surface area (Å²) in [6.45, 7) is 30.5. The molecular weight excluding hydrogens is 565 g/mol. The molecule has 0 fully saturated rings. The Morgan fingerprint density at radius 2 is 0.766 bits per heavy atom. The van der Waals surface area contributed by atoms with Gasteiger partial charge in [0.05, 0.1) is 0 Å². The third kappa shape index (κ3) is 20.3. The van der Waals surface area contributed by atoms with Crippen LogP contribution in [0.1, 0.15) is 139 Å². The monoisotopic (exact) mass is 637 g/mol. The van der Waals surface area contributed by atoms with Crippen molar-refractivity contribution in [1.29, 1.82) is 0 Å². The first kappa shape index (κ1) is 47.8. The largest absolute Gasteiger partial charge is 0.0801 e. The highest BCUT2D eigenvalue weighted by molar-refractivity contribution is 5.72. The third-order valence-corrected chi connectivity index (χ3v) is 6.60. The lowest BCUT2D eigenvalue weighted by Gasteiger charge is -2.02. The molecule has 0 saturated heterocycles. The van der Waals surface area contributed by atoms with E-state index in [9.17, 15) is 0 Å². The topological polar surface area (TPSA) is 0 Å². The maximum Gasteiger partial charge on any atom is -0.00608 e. The summed E-state index contributed by atoms with van der Waals surface area (Å²) in [6.07, 6.45) is 26.4. The van der Waals surface area contributed by atoms with E-state index in [4.69, 9.17) is 0 Å². The third-order valence-electron chi connectivity index (χ3n) is 6.60. The van der Waals surface area contributed by atoms with Crippen molar-refractivity contribution in [3.05, 3.63) is 154 Å². The number of rotatable bonds is 3. The van der Waals surface area contributed by atoms with E-state index in [2.05, 4.69) is 136 Å². The van der Waals surface area contributed by atoms with Crippen LogP contribution >= 0.6 is 0 Å². The molecule has 2 aromatic carbocycles. The summed E-state index contributed by atoms with van der Waals surface area (Å²) >= 11 is 0. The Hall–Kier alpha value is -3.64. The maximum absolute atomic E-state index is 2.24. The second kappa shape index (κ2) is 33.7. The van der Waals surface area contributed by atoms with Gasteiger partial charge in [-0.05, 0) is 79.9 Å². The number of benzene rings is 2. The highest BCUT2D eigenvalue weighted by Crippen LogP contribution is 2.29. The highest BCUT2D eigenvalue weighted by Gasteiger charge is 2.09. The van der Waals surface area contributed by atoms with Gasteiger partial charge in [0.25, 0.3) is 0 Å². The van der Waals surface area contributed by atoms with Crippen LogP contribution in [0.4, 0.5) is 0 Å². The fourth-order valence-electron chi connectivity index (χ4n) is 4.51. The van der Waals surface area contributed by atoms with E-state index in [0.29, 0.717) is 0 Å². The summed E-state index contributed by atoms with van der Waals surface area (Å²) in [7, 11) is 0. The number of aryl methyl sites for hydroxylation is 1. The van der Waals surface area contributed by atoms with Gasteiger partial charge in [-0.3, -0.25) is 0 Å². The number of allylic oxidation sites excluding steroid dienone is 16. The molecule has 0 saturated carbocycles. The minimum atomic E-state index is 1.09. The molecule has 0 bridgehead atoms. The molecule has 0 aliphatic heterocycles. The van der Waals surface area contributed by atoms with Crippen LogP contribution in [0.3, 0.4) is 0 Å².